The Kier molecular flexibility index (Phi) is 2.95. The van der Waals surface area contributed by atoms with E-state index in [1.54, 1.807) is 16.7 Å². The Morgan fingerprint density at radius 2 is 1.73 bits per heavy atom. The highest BCUT2D eigenvalue weighted by molar-refractivity contribution is 5.78. The molecule has 1 aliphatic carbocycles. The molecule has 0 heterocycles. The highest BCUT2D eigenvalue weighted by Crippen LogP contribution is 2.45. The first-order valence-electron chi connectivity index (χ1n) is 6.14. The summed E-state index contributed by atoms with van der Waals surface area (Å²) in [4.78, 5) is 0. The Labute approximate surface area is 93.0 Å². The van der Waals surface area contributed by atoms with Crippen LogP contribution in [0.1, 0.15) is 57.1 Å². The van der Waals surface area contributed by atoms with Gasteiger partial charge in [0.2, 0.25) is 0 Å². The van der Waals surface area contributed by atoms with Crippen LogP contribution in [0.4, 0.5) is 0 Å². The summed E-state index contributed by atoms with van der Waals surface area (Å²) in [5.74, 6) is 0.696. The first-order valence-corrected chi connectivity index (χ1v) is 6.14. The van der Waals surface area contributed by atoms with Crippen LogP contribution in [-0.4, -0.2) is 0 Å². The molecule has 0 N–H and O–H groups in total. The van der Waals surface area contributed by atoms with Gasteiger partial charge in [-0.15, -0.1) is 0 Å². The highest BCUT2D eigenvalue weighted by Gasteiger charge is 2.27. The first-order chi connectivity index (χ1) is 7.33. The standard InChI is InChI=1S/C15H20/c1-4-11-12(5-2)14-9-7-8-10-15(14)13(11)6-3/h7-10,12H,4-6H2,1-3H3. The van der Waals surface area contributed by atoms with Crippen LogP contribution in [0.3, 0.4) is 0 Å². The van der Waals surface area contributed by atoms with Gasteiger partial charge in [0.05, 0.1) is 0 Å². The van der Waals surface area contributed by atoms with Crippen molar-refractivity contribution in [1.29, 1.82) is 0 Å². The molecule has 80 valence electrons. The minimum absolute atomic E-state index is 0.696. The molecule has 1 aromatic rings. The van der Waals surface area contributed by atoms with E-state index < -0.39 is 0 Å². The molecule has 15 heavy (non-hydrogen) atoms. The fraction of sp³-hybridized carbons (Fsp3) is 0.467. The van der Waals surface area contributed by atoms with Crippen LogP contribution in [0.25, 0.3) is 5.57 Å². The van der Waals surface area contributed by atoms with Gasteiger partial charge < -0.3 is 0 Å². The van der Waals surface area contributed by atoms with Gasteiger partial charge in [0, 0.05) is 5.92 Å². The summed E-state index contributed by atoms with van der Waals surface area (Å²) >= 11 is 0. The lowest BCUT2D eigenvalue weighted by Gasteiger charge is -2.13. The summed E-state index contributed by atoms with van der Waals surface area (Å²) in [7, 11) is 0. The van der Waals surface area contributed by atoms with Crippen LogP contribution in [0, 0.1) is 0 Å². The largest absolute Gasteiger partial charge is 0.0645 e. The summed E-state index contributed by atoms with van der Waals surface area (Å²) in [5.41, 5.74) is 6.37. The molecule has 0 saturated heterocycles. The number of fused-ring (bicyclic) bond motifs is 1. The van der Waals surface area contributed by atoms with Crippen molar-refractivity contribution in [2.75, 3.05) is 0 Å². The van der Waals surface area contributed by atoms with E-state index in [1.807, 2.05) is 0 Å². The zero-order valence-electron chi connectivity index (χ0n) is 10.0. The second-order valence-corrected chi connectivity index (χ2v) is 4.26. The van der Waals surface area contributed by atoms with Crippen molar-refractivity contribution in [1.82, 2.24) is 0 Å². The Morgan fingerprint density at radius 1 is 1.00 bits per heavy atom. The van der Waals surface area contributed by atoms with Crippen molar-refractivity contribution in [2.45, 2.75) is 46.0 Å². The van der Waals surface area contributed by atoms with E-state index >= 15 is 0 Å². The topological polar surface area (TPSA) is 0 Å². The predicted molar refractivity (Wildman–Crippen MR) is 67.0 cm³/mol. The van der Waals surface area contributed by atoms with Crippen LogP contribution >= 0.6 is 0 Å². The van der Waals surface area contributed by atoms with Gasteiger partial charge in [-0.25, -0.2) is 0 Å². The van der Waals surface area contributed by atoms with Gasteiger partial charge in [-0.05, 0) is 36.0 Å². The molecule has 0 amide bonds. The number of allylic oxidation sites excluding steroid dienone is 2. The molecule has 1 aliphatic rings. The Morgan fingerprint density at radius 3 is 2.33 bits per heavy atom. The zero-order valence-corrected chi connectivity index (χ0v) is 10.0. The predicted octanol–water partition coefficient (Wildman–Crippen LogP) is 4.77. The molecule has 0 nitrogen and oxygen atoms in total. The van der Waals surface area contributed by atoms with E-state index in [0.29, 0.717) is 5.92 Å². The molecule has 0 aliphatic heterocycles. The fourth-order valence-corrected chi connectivity index (χ4v) is 2.99. The lowest BCUT2D eigenvalue weighted by atomic mass is 9.92. The molecular formula is C15H20. The molecule has 0 aromatic heterocycles. The summed E-state index contributed by atoms with van der Waals surface area (Å²) in [6, 6.07) is 8.94. The molecule has 0 fully saturated rings. The molecule has 1 aromatic carbocycles. The zero-order chi connectivity index (χ0) is 10.8. The Balaban J connectivity index is 2.56. The lowest BCUT2D eigenvalue weighted by Crippen LogP contribution is -1.96. The monoisotopic (exact) mass is 200 g/mol. The third-order valence-corrected chi connectivity index (χ3v) is 3.61. The Hall–Kier alpha value is -1.04. The van der Waals surface area contributed by atoms with E-state index in [9.17, 15) is 0 Å². The molecular weight excluding hydrogens is 180 g/mol. The van der Waals surface area contributed by atoms with Crippen molar-refractivity contribution in [3.05, 3.63) is 41.0 Å². The molecule has 0 saturated carbocycles. The average molecular weight is 200 g/mol. The first kappa shape index (κ1) is 10.5. The van der Waals surface area contributed by atoms with Crippen molar-refractivity contribution in [3.63, 3.8) is 0 Å². The van der Waals surface area contributed by atoms with Gasteiger partial charge in [0.15, 0.2) is 0 Å². The van der Waals surface area contributed by atoms with E-state index in [0.717, 1.165) is 0 Å². The van der Waals surface area contributed by atoms with Crippen molar-refractivity contribution in [3.8, 4) is 0 Å². The van der Waals surface area contributed by atoms with Crippen molar-refractivity contribution < 1.29 is 0 Å². The molecule has 1 atom stereocenters. The fourth-order valence-electron chi connectivity index (χ4n) is 2.99. The van der Waals surface area contributed by atoms with Crippen molar-refractivity contribution >= 4 is 5.57 Å². The number of hydrogen-bond acceptors (Lipinski definition) is 0. The summed E-state index contributed by atoms with van der Waals surface area (Å²) in [6.07, 6.45) is 3.62. The maximum absolute atomic E-state index is 2.31. The van der Waals surface area contributed by atoms with E-state index in [4.69, 9.17) is 0 Å². The normalized spacial score (nSPS) is 19.5. The highest BCUT2D eigenvalue weighted by atomic mass is 14.3. The number of benzene rings is 1. The van der Waals surface area contributed by atoms with E-state index in [1.165, 1.54) is 24.8 Å². The van der Waals surface area contributed by atoms with Gasteiger partial charge in [-0.3, -0.25) is 0 Å². The molecule has 0 bridgehead atoms. The second-order valence-electron chi connectivity index (χ2n) is 4.26. The minimum atomic E-state index is 0.696. The maximum Gasteiger partial charge on any atom is 0.00575 e. The molecule has 0 spiro atoms. The quantitative estimate of drug-likeness (QED) is 0.659. The van der Waals surface area contributed by atoms with E-state index in [2.05, 4.69) is 45.0 Å². The SMILES string of the molecule is CCC1=C(CC)C(CC)c2ccccc21. The molecule has 0 radical (unpaired) electrons. The van der Waals surface area contributed by atoms with E-state index in [-0.39, 0.29) is 0 Å². The molecule has 0 heteroatoms. The van der Waals surface area contributed by atoms with Gasteiger partial charge in [0.1, 0.15) is 0 Å². The third kappa shape index (κ3) is 1.52. The Bertz CT molecular complexity index is 385. The van der Waals surface area contributed by atoms with Crippen LogP contribution in [0.15, 0.2) is 29.8 Å². The van der Waals surface area contributed by atoms with Crippen LogP contribution in [0.2, 0.25) is 0 Å². The summed E-state index contributed by atoms with van der Waals surface area (Å²) < 4.78 is 0. The van der Waals surface area contributed by atoms with Crippen LogP contribution < -0.4 is 0 Å². The second kappa shape index (κ2) is 4.22. The minimum Gasteiger partial charge on any atom is -0.0645 e. The average Bonchev–Trinajstić information content (AvgIpc) is 2.61. The summed E-state index contributed by atoms with van der Waals surface area (Å²) in [6.45, 7) is 6.87. The molecule has 1 unspecified atom stereocenters. The summed E-state index contributed by atoms with van der Waals surface area (Å²) in [5, 5.41) is 0. The number of rotatable bonds is 3. The van der Waals surface area contributed by atoms with Gasteiger partial charge in [-0.1, -0.05) is 50.6 Å². The lowest BCUT2D eigenvalue weighted by molar-refractivity contribution is 0.746. The third-order valence-electron chi connectivity index (χ3n) is 3.61. The number of hydrogen-bond donors (Lipinski definition) is 0. The maximum atomic E-state index is 2.31. The smallest absolute Gasteiger partial charge is 0.00575 e. The van der Waals surface area contributed by atoms with Gasteiger partial charge in [0.25, 0.3) is 0 Å². The van der Waals surface area contributed by atoms with Crippen LogP contribution in [-0.2, 0) is 0 Å². The van der Waals surface area contributed by atoms with Crippen LogP contribution in [0.5, 0.6) is 0 Å². The molecule has 2 rings (SSSR count). The van der Waals surface area contributed by atoms with Gasteiger partial charge >= 0.3 is 0 Å². The van der Waals surface area contributed by atoms with Gasteiger partial charge in [-0.2, -0.15) is 0 Å². The van der Waals surface area contributed by atoms with Crippen molar-refractivity contribution in [2.24, 2.45) is 0 Å².